The summed E-state index contributed by atoms with van der Waals surface area (Å²) >= 11 is 0. The molecule has 4 nitrogen and oxygen atoms in total. The van der Waals surface area contributed by atoms with E-state index in [1.807, 2.05) is 0 Å². The predicted molar refractivity (Wildman–Crippen MR) is 65.5 cm³/mol. The van der Waals surface area contributed by atoms with Gasteiger partial charge in [0, 0.05) is 6.00 Å². The van der Waals surface area contributed by atoms with E-state index in [0.29, 0.717) is 17.7 Å². The number of hydrogen-bond acceptors (Lipinski definition) is 3. The largest absolute Gasteiger partial charge is 0.383 e. The van der Waals surface area contributed by atoms with Crippen molar-refractivity contribution in [3.63, 3.8) is 0 Å². The van der Waals surface area contributed by atoms with E-state index in [4.69, 9.17) is 12.6 Å². The second-order valence-electron chi connectivity index (χ2n) is 4.64. The molecule has 2 heterocycles. The maximum atomic E-state index is 12.1. The summed E-state index contributed by atoms with van der Waals surface area (Å²) in [5.41, 5.74) is 0.953. The van der Waals surface area contributed by atoms with Gasteiger partial charge in [0.05, 0.1) is 23.8 Å². The van der Waals surface area contributed by atoms with Crippen LogP contribution in [0.25, 0.3) is 0 Å². The van der Waals surface area contributed by atoms with Gasteiger partial charge >= 0.3 is 0 Å². The Morgan fingerprint density at radius 3 is 2.28 bits per heavy atom. The van der Waals surface area contributed by atoms with Crippen LogP contribution >= 0.6 is 0 Å². The molecular weight excluding hydrogens is 229 g/mol. The third kappa shape index (κ3) is 1.75. The zero-order chi connectivity index (χ0) is 12.7. The van der Waals surface area contributed by atoms with Crippen LogP contribution in [-0.2, 0) is 4.74 Å². The first-order valence-corrected chi connectivity index (χ1v) is 6.03. The molecule has 0 saturated carbocycles. The Labute approximate surface area is 106 Å². The Bertz CT molecular complexity index is 482. The number of carbonyl (C=O) groups excluding carboxylic acids is 2. The molecule has 0 N–H and O–H groups in total. The number of carbonyl (C=O) groups is 2. The van der Waals surface area contributed by atoms with Crippen LogP contribution in [0.3, 0.4) is 0 Å². The molecule has 0 spiro atoms. The minimum absolute atomic E-state index is 0.137. The lowest BCUT2D eigenvalue weighted by atomic mass is 9.97. The fourth-order valence-electron chi connectivity index (χ4n) is 2.48. The number of fused-ring (bicyclic) bond motifs is 1. The van der Waals surface area contributed by atoms with Crippen LogP contribution in [0.2, 0.25) is 0 Å². The van der Waals surface area contributed by atoms with Gasteiger partial charge in [-0.25, -0.2) is 0 Å². The monoisotopic (exact) mass is 241 g/mol. The molecule has 5 heteroatoms. The number of hydrogen-bond donors (Lipinski definition) is 0. The number of ether oxygens (including phenoxy) is 1. The molecule has 1 aromatic rings. The molecule has 2 aliphatic heterocycles. The summed E-state index contributed by atoms with van der Waals surface area (Å²) in [7, 11) is 5.64. The van der Waals surface area contributed by atoms with Gasteiger partial charge in [-0.15, -0.1) is 0 Å². The van der Waals surface area contributed by atoms with Crippen molar-refractivity contribution in [3.05, 3.63) is 35.4 Å². The topological polar surface area (TPSA) is 46.6 Å². The van der Waals surface area contributed by atoms with Gasteiger partial charge in [0.1, 0.15) is 7.85 Å². The van der Waals surface area contributed by atoms with Crippen molar-refractivity contribution >= 4 is 19.7 Å². The van der Waals surface area contributed by atoms with Crippen molar-refractivity contribution in [2.24, 2.45) is 0 Å². The minimum atomic E-state index is -0.273. The number of amides is 2. The van der Waals surface area contributed by atoms with Crippen molar-refractivity contribution in [1.82, 2.24) is 4.90 Å². The second kappa shape index (κ2) is 4.25. The van der Waals surface area contributed by atoms with Crippen molar-refractivity contribution in [3.8, 4) is 0 Å². The SMILES string of the molecule is [B][C@H]1CC[C@@H](CN2C(=O)c3ccccc3C2=O)O1. The normalized spacial score (nSPS) is 26.8. The van der Waals surface area contributed by atoms with Gasteiger partial charge in [-0.05, 0) is 25.0 Å². The Morgan fingerprint density at radius 2 is 1.78 bits per heavy atom. The maximum Gasteiger partial charge on any atom is 0.261 e. The Hall–Kier alpha value is -1.62. The molecule has 0 aliphatic carbocycles. The van der Waals surface area contributed by atoms with Crippen LogP contribution in [0.1, 0.15) is 33.6 Å². The standard InChI is InChI=1S/C13H12BNO3/c14-11-6-5-8(18-11)7-15-12(16)9-3-1-2-4-10(9)13(15)17/h1-4,8,11H,5-7H2/t8-,11+/m0/s1. The van der Waals surface area contributed by atoms with E-state index in [-0.39, 0.29) is 23.9 Å². The number of benzene rings is 1. The second-order valence-corrected chi connectivity index (χ2v) is 4.64. The highest BCUT2D eigenvalue weighted by Gasteiger charge is 2.37. The van der Waals surface area contributed by atoms with Crippen LogP contribution in [0.4, 0.5) is 0 Å². The summed E-state index contributed by atoms with van der Waals surface area (Å²) in [6.45, 7) is 0.292. The summed E-state index contributed by atoms with van der Waals surface area (Å²) < 4.78 is 5.45. The zero-order valence-corrected chi connectivity index (χ0v) is 9.83. The number of nitrogens with zero attached hydrogens (tertiary/aromatic N) is 1. The summed E-state index contributed by atoms with van der Waals surface area (Å²) in [4.78, 5) is 25.4. The first kappa shape index (κ1) is 11.5. The molecule has 2 aliphatic rings. The van der Waals surface area contributed by atoms with Gasteiger partial charge in [-0.2, -0.15) is 0 Å². The molecule has 0 aromatic heterocycles. The van der Waals surface area contributed by atoms with Gasteiger partial charge in [0.25, 0.3) is 11.8 Å². The molecule has 2 radical (unpaired) electrons. The highest BCUT2D eigenvalue weighted by molar-refractivity contribution is 6.21. The summed E-state index contributed by atoms with van der Waals surface area (Å²) in [5.74, 6) is -0.473. The van der Waals surface area contributed by atoms with Crippen molar-refractivity contribution in [2.75, 3.05) is 6.54 Å². The summed E-state index contributed by atoms with van der Waals surface area (Å²) in [5, 5.41) is 0. The van der Waals surface area contributed by atoms with Crippen LogP contribution in [-0.4, -0.2) is 43.2 Å². The van der Waals surface area contributed by atoms with Crippen LogP contribution in [0.5, 0.6) is 0 Å². The Kier molecular flexibility index (Phi) is 2.71. The molecular formula is C13H12BNO3. The molecule has 1 fully saturated rings. The fourth-order valence-corrected chi connectivity index (χ4v) is 2.48. The first-order valence-electron chi connectivity index (χ1n) is 6.03. The third-order valence-corrected chi connectivity index (χ3v) is 3.40. The molecule has 18 heavy (non-hydrogen) atoms. The number of rotatable bonds is 2. The molecule has 2 amide bonds. The van der Waals surface area contributed by atoms with E-state index in [9.17, 15) is 9.59 Å². The Morgan fingerprint density at radius 1 is 1.17 bits per heavy atom. The van der Waals surface area contributed by atoms with Gasteiger partial charge in [0.2, 0.25) is 0 Å². The van der Waals surface area contributed by atoms with Crippen molar-refractivity contribution < 1.29 is 14.3 Å². The van der Waals surface area contributed by atoms with E-state index in [1.54, 1.807) is 24.3 Å². The summed E-state index contributed by atoms with van der Waals surface area (Å²) in [6, 6.07) is 6.60. The molecule has 90 valence electrons. The van der Waals surface area contributed by atoms with E-state index < -0.39 is 0 Å². The van der Waals surface area contributed by atoms with Gasteiger partial charge in [-0.3, -0.25) is 14.5 Å². The van der Waals surface area contributed by atoms with E-state index >= 15 is 0 Å². The van der Waals surface area contributed by atoms with Gasteiger partial charge < -0.3 is 4.74 Å². The lowest BCUT2D eigenvalue weighted by Crippen LogP contribution is -2.37. The molecule has 1 saturated heterocycles. The maximum absolute atomic E-state index is 12.1. The quantitative estimate of drug-likeness (QED) is 0.572. The van der Waals surface area contributed by atoms with Crippen LogP contribution < -0.4 is 0 Å². The molecule has 2 atom stereocenters. The molecule has 0 bridgehead atoms. The van der Waals surface area contributed by atoms with Gasteiger partial charge in [0.15, 0.2) is 0 Å². The fraction of sp³-hybridized carbons (Fsp3) is 0.385. The van der Waals surface area contributed by atoms with E-state index in [0.717, 1.165) is 12.8 Å². The molecule has 3 rings (SSSR count). The highest BCUT2D eigenvalue weighted by Crippen LogP contribution is 2.25. The van der Waals surface area contributed by atoms with Crippen molar-refractivity contribution in [2.45, 2.75) is 24.9 Å². The summed E-state index contributed by atoms with van der Waals surface area (Å²) in [6.07, 6.45) is 1.42. The van der Waals surface area contributed by atoms with E-state index in [1.165, 1.54) is 4.90 Å². The molecule has 1 aromatic carbocycles. The van der Waals surface area contributed by atoms with Crippen LogP contribution in [0.15, 0.2) is 24.3 Å². The first-order chi connectivity index (χ1) is 8.66. The number of imide groups is 1. The zero-order valence-electron chi connectivity index (χ0n) is 9.83. The lowest BCUT2D eigenvalue weighted by molar-refractivity contribution is 0.0417. The highest BCUT2D eigenvalue weighted by atomic mass is 16.5. The minimum Gasteiger partial charge on any atom is -0.383 e. The van der Waals surface area contributed by atoms with E-state index in [2.05, 4.69) is 0 Å². The Balaban J connectivity index is 1.80. The lowest BCUT2D eigenvalue weighted by Gasteiger charge is -2.18. The predicted octanol–water partition coefficient (Wildman–Crippen LogP) is 0.956. The average molecular weight is 241 g/mol. The third-order valence-electron chi connectivity index (χ3n) is 3.40. The van der Waals surface area contributed by atoms with Gasteiger partial charge in [-0.1, -0.05) is 12.1 Å². The van der Waals surface area contributed by atoms with Crippen LogP contribution in [0, 0.1) is 0 Å². The smallest absolute Gasteiger partial charge is 0.261 e. The van der Waals surface area contributed by atoms with Crippen molar-refractivity contribution in [1.29, 1.82) is 0 Å². The average Bonchev–Trinajstić information content (AvgIpc) is 2.88. The molecule has 0 unspecified atom stereocenters.